The van der Waals surface area contributed by atoms with E-state index in [2.05, 4.69) is 10.6 Å². The first-order chi connectivity index (χ1) is 14.6. The second kappa shape index (κ2) is 7.35. The van der Waals surface area contributed by atoms with E-state index in [-0.39, 0.29) is 29.6 Å². The van der Waals surface area contributed by atoms with Crippen LogP contribution in [-0.2, 0) is 11.3 Å². The van der Waals surface area contributed by atoms with Crippen molar-refractivity contribution in [2.75, 3.05) is 7.11 Å². The second-order valence-corrected chi connectivity index (χ2v) is 8.59. The van der Waals surface area contributed by atoms with Gasteiger partial charge in [-0.2, -0.15) is 0 Å². The van der Waals surface area contributed by atoms with Gasteiger partial charge in [0.1, 0.15) is 11.5 Å². The number of benzene rings is 2. The van der Waals surface area contributed by atoms with Gasteiger partial charge in [0.05, 0.1) is 12.7 Å². The molecule has 2 amide bonds. The molecule has 4 unspecified atom stereocenters. The Morgan fingerprint density at radius 3 is 2.90 bits per heavy atom. The lowest BCUT2D eigenvalue weighted by Gasteiger charge is -2.55. The van der Waals surface area contributed by atoms with Crippen LogP contribution in [0.25, 0.3) is 0 Å². The maximum atomic E-state index is 13.0. The first-order valence-corrected chi connectivity index (χ1v) is 10.6. The van der Waals surface area contributed by atoms with Crippen LogP contribution < -0.4 is 20.1 Å². The molecule has 156 valence electrons. The molecule has 3 aliphatic carbocycles. The maximum Gasteiger partial charge on any atom is 0.258 e. The third-order valence-corrected chi connectivity index (χ3v) is 6.90. The standard InChI is InChI=1S/C24H26N2O4/c1-29-18-6-4-5-15(11-18)14-25-22(27)20-12-17-10-9-16(20)13-24(17)26-23(28)19-7-2-3-8-21(19)30-24/h2-8,11,16-17,20H,9-10,12-14H2,1H3,(H,25,27)(H,26,28). The van der Waals surface area contributed by atoms with Crippen LogP contribution in [0.2, 0.25) is 0 Å². The van der Waals surface area contributed by atoms with E-state index < -0.39 is 5.72 Å². The lowest BCUT2D eigenvalue weighted by atomic mass is 9.60. The fourth-order valence-corrected chi connectivity index (χ4v) is 5.38. The second-order valence-electron chi connectivity index (χ2n) is 8.59. The van der Waals surface area contributed by atoms with Crippen molar-refractivity contribution in [2.24, 2.45) is 17.8 Å². The van der Waals surface area contributed by atoms with Crippen molar-refractivity contribution in [3.05, 3.63) is 59.7 Å². The van der Waals surface area contributed by atoms with E-state index in [1.807, 2.05) is 42.5 Å². The van der Waals surface area contributed by atoms with Crippen LogP contribution in [0.4, 0.5) is 0 Å². The first kappa shape index (κ1) is 19.0. The van der Waals surface area contributed by atoms with Gasteiger partial charge in [-0.15, -0.1) is 0 Å². The molecule has 1 heterocycles. The lowest BCUT2D eigenvalue weighted by Crippen LogP contribution is -2.66. The third kappa shape index (κ3) is 3.20. The fourth-order valence-electron chi connectivity index (χ4n) is 5.38. The van der Waals surface area contributed by atoms with E-state index in [0.29, 0.717) is 24.3 Å². The van der Waals surface area contributed by atoms with Crippen molar-refractivity contribution >= 4 is 11.8 Å². The van der Waals surface area contributed by atoms with Crippen LogP contribution in [0.1, 0.15) is 41.6 Å². The molecule has 4 atom stereocenters. The predicted molar refractivity (Wildman–Crippen MR) is 111 cm³/mol. The smallest absolute Gasteiger partial charge is 0.258 e. The molecule has 0 radical (unpaired) electrons. The van der Waals surface area contributed by atoms with Gasteiger partial charge in [0.15, 0.2) is 5.72 Å². The third-order valence-electron chi connectivity index (χ3n) is 6.90. The van der Waals surface area contributed by atoms with Crippen LogP contribution in [0, 0.1) is 17.8 Å². The number of nitrogens with one attached hydrogen (secondary N) is 2. The Bertz CT molecular complexity index is 991. The van der Waals surface area contributed by atoms with Crippen molar-refractivity contribution in [1.29, 1.82) is 0 Å². The molecule has 0 aromatic heterocycles. The number of rotatable bonds is 4. The zero-order chi connectivity index (χ0) is 20.7. The summed E-state index contributed by atoms with van der Waals surface area (Å²) in [5.41, 5.74) is 0.912. The van der Waals surface area contributed by atoms with Crippen molar-refractivity contribution in [2.45, 2.75) is 38.0 Å². The van der Waals surface area contributed by atoms with Crippen LogP contribution in [-0.4, -0.2) is 24.6 Å². The average Bonchev–Trinajstić information content (AvgIpc) is 2.78. The fraction of sp³-hybridized carbons (Fsp3) is 0.417. The summed E-state index contributed by atoms with van der Waals surface area (Å²) in [5.74, 6) is 1.72. The molecule has 3 fully saturated rings. The van der Waals surface area contributed by atoms with E-state index in [4.69, 9.17) is 9.47 Å². The summed E-state index contributed by atoms with van der Waals surface area (Å²) in [6.07, 6.45) is 3.36. The number of hydrogen-bond donors (Lipinski definition) is 2. The zero-order valence-corrected chi connectivity index (χ0v) is 17.0. The summed E-state index contributed by atoms with van der Waals surface area (Å²) in [5, 5.41) is 6.24. The maximum absolute atomic E-state index is 13.0. The molecule has 1 spiro atoms. The molecular formula is C24H26N2O4. The van der Waals surface area contributed by atoms with Crippen LogP contribution in [0.15, 0.2) is 48.5 Å². The Labute approximate surface area is 176 Å². The summed E-state index contributed by atoms with van der Waals surface area (Å²) in [7, 11) is 1.64. The van der Waals surface area contributed by atoms with Crippen LogP contribution >= 0.6 is 0 Å². The largest absolute Gasteiger partial charge is 0.497 e. The molecule has 0 saturated heterocycles. The summed E-state index contributed by atoms with van der Waals surface area (Å²) in [6, 6.07) is 15.1. The highest BCUT2D eigenvalue weighted by Crippen LogP contribution is 2.52. The Hall–Kier alpha value is -3.02. The number of hydrogen-bond acceptors (Lipinski definition) is 4. The van der Waals surface area contributed by atoms with Crippen LogP contribution in [0.5, 0.6) is 11.5 Å². The molecule has 30 heavy (non-hydrogen) atoms. The monoisotopic (exact) mass is 406 g/mol. The highest BCUT2D eigenvalue weighted by atomic mass is 16.5. The van der Waals surface area contributed by atoms with Crippen molar-refractivity contribution in [3.63, 3.8) is 0 Å². The topological polar surface area (TPSA) is 76.7 Å². The predicted octanol–water partition coefficient (Wildman–Crippen LogP) is 3.27. The van der Waals surface area contributed by atoms with E-state index in [1.54, 1.807) is 13.2 Å². The average molecular weight is 406 g/mol. The van der Waals surface area contributed by atoms with Gasteiger partial charge in [0, 0.05) is 24.8 Å². The summed E-state index contributed by atoms with van der Waals surface area (Å²) >= 11 is 0. The summed E-state index contributed by atoms with van der Waals surface area (Å²) in [4.78, 5) is 25.7. The highest BCUT2D eigenvalue weighted by molar-refractivity contribution is 5.98. The SMILES string of the molecule is COc1cccc(CNC(=O)C2CC3CCC2CC32NC(=O)c3ccccc3O2)c1. The number of methoxy groups -OCH3 is 1. The highest BCUT2D eigenvalue weighted by Gasteiger charge is 2.57. The molecule has 3 saturated carbocycles. The number of carbonyl (C=O) groups is 2. The molecule has 6 nitrogen and oxygen atoms in total. The molecule has 2 aromatic carbocycles. The molecule has 6 heteroatoms. The van der Waals surface area contributed by atoms with Gasteiger partial charge in [-0.3, -0.25) is 9.59 Å². The first-order valence-electron chi connectivity index (χ1n) is 10.6. The number of carbonyl (C=O) groups excluding carboxylic acids is 2. The Kier molecular flexibility index (Phi) is 4.65. The van der Waals surface area contributed by atoms with Gasteiger partial charge >= 0.3 is 0 Å². The van der Waals surface area contributed by atoms with Crippen molar-refractivity contribution in [3.8, 4) is 11.5 Å². The Balaban J connectivity index is 1.28. The van der Waals surface area contributed by atoms with Gasteiger partial charge in [-0.25, -0.2) is 0 Å². The number of fused-ring (bicyclic) bond motifs is 3. The summed E-state index contributed by atoms with van der Waals surface area (Å²) in [6.45, 7) is 0.482. The van der Waals surface area contributed by atoms with E-state index >= 15 is 0 Å². The number of para-hydroxylation sites is 1. The quantitative estimate of drug-likeness (QED) is 0.817. The lowest BCUT2D eigenvalue weighted by molar-refractivity contribution is -0.146. The van der Waals surface area contributed by atoms with Gasteiger partial charge in [-0.05, 0) is 55.0 Å². The minimum absolute atomic E-state index is 0.0438. The molecule has 2 aromatic rings. The number of amides is 2. The molecule has 1 aliphatic heterocycles. The van der Waals surface area contributed by atoms with E-state index in [1.165, 1.54) is 0 Å². The summed E-state index contributed by atoms with van der Waals surface area (Å²) < 4.78 is 11.6. The number of ether oxygens (including phenoxy) is 2. The zero-order valence-electron chi connectivity index (χ0n) is 17.0. The molecule has 6 rings (SSSR count). The van der Waals surface area contributed by atoms with Gasteiger partial charge < -0.3 is 20.1 Å². The molecule has 2 N–H and O–H groups in total. The molecular weight excluding hydrogens is 380 g/mol. The van der Waals surface area contributed by atoms with Crippen LogP contribution in [0.3, 0.4) is 0 Å². The van der Waals surface area contributed by atoms with Gasteiger partial charge in [-0.1, -0.05) is 24.3 Å². The van der Waals surface area contributed by atoms with Gasteiger partial charge in [0.2, 0.25) is 5.91 Å². The minimum atomic E-state index is -0.683. The van der Waals surface area contributed by atoms with Gasteiger partial charge in [0.25, 0.3) is 5.91 Å². The van der Waals surface area contributed by atoms with Crippen molar-refractivity contribution in [1.82, 2.24) is 10.6 Å². The Morgan fingerprint density at radius 2 is 2.10 bits per heavy atom. The van der Waals surface area contributed by atoms with Crippen molar-refractivity contribution < 1.29 is 19.1 Å². The normalized spacial score (nSPS) is 29.0. The molecule has 4 aliphatic rings. The minimum Gasteiger partial charge on any atom is -0.497 e. The Morgan fingerprint density at radius 1 is 1.23 bits per heavy atom. The van der Waals surface area contributed by atoms with E-state index in [0.717, 1.165) is 30.6 Å². The van der Waals surface area contributed by atoms with E-state index in [9.17, 15) is 9.59 Å². The molecule has 2 bridgehead atoms.